The minimum Gasteiger partial charge on any atom is -0.465 e. The molecule has 3 rings (SSSR count). The molecule has 0 aliphatic rings. The van der Waals surface area contributed by atoms with Crippen molar-refractivity contribution in [1.29, 1.82) is 0 Å². The van der Waals surface area contributed by atoms with Crippen molar-refractivity contribution in [3.8, 4) is 0 Å². The van der Waals surface area contributed by atoms with Crippen LogP contribution in [0.1, 0.15) is 17.1 Å². The van der Waals surface area contributed by atoms with E-state index in [1.165, 1.54) is 29.0 Å². The van der Waals surface area contributed by atoms with Gasteiger partial charge in [-0.05, 0) is 30.3 Å². The number of hydrogen-bond donors (Lipinski definition) is 1. The second kappa shape index (κ2) is 6.19. The molecule has 1 N–H and O–H groups in total. The Labute approximate surface area is 133 Å². The molecule has 0 unspecified atom stereocenters. The molecular weight excluding hydrogens is 325 g/mol. The van der Waals surface area contributed by atoms with Gasteiger partial charge in [0, 0.05) is 12.3 Å². The van der Waals surface area contributed by atoms with Crippen LogP contribution in [-0.2, 0) is 17.5 Å². The first kappa shape index (κ1) is 15.8. The smallest absolute Gasteiger partial charge is 0.416 e. The van der Waals surface area contributed by atoms with Gasteiger partial charge < -0.3 is 9.73 Å². The van der Waals surface area contributed by atoms with Crippen molar-refractivity contribution in [2.24, 2.45) is 0 Å². The number of fused-ring (bicyclic) bond motifs is 1. The number of halogens is 3. The van der Waals surface area contributed by atoms with E-state index in [9.17, 15) is 18.0 Å². The molecule has 0 saturated carbocycles. The molecule has 0 fully saturated rings. The standard InChI is InChI=1S/C15H11F3N4O2/c16-15(17,18)10-5-6-22-12(8-10)20-21-13(22)9-19-14(23)4-3-11-2-1-7-24-11/h1-8H,9H2,(H,19,23)/b4-3+. The number of amides is 1. The fourth-order valence-corrected chi connectivity index (χ4v) is 2.01. The van der Waals surface area contributed by atoms with E-state index in [0.29, 0.717) is 11.6 Å². The molecular formula is C15H11F3N4O2. The van der Waals surface area contributed by atoms with E-state index in [-0.39, 0.29) is 12.2 Å². The molecule has 3 aromatic rings. The number of nitrogens with zero attached hydrogens (tertiary/aromatic N) is 3. The Kier molecular flexibility index (Phi) is 4.07. The number of aromatic nitrogens is 3. The second-order valence-corrected chi connectivity index (χ2v) is 4.82. The normalized spacial score (nSPS) is 12.1. The maximum absolute atomic E-state index is 12.6. The first-order valence-electron chi connectivity index (χ1n) is 6.84. The van der Waals surface area contributed by atoms with Gasteiger partial charge in [-0.3, -0.25) is 9.20 Å². The molecule has 0 saturated heterocycles. The van der Waals surface area contributed by atoms with E-state index >= 15 is 0 Å². The Bertz CT molecular complexity index is 882. The van der Waals surface area contributed by atoms with Crippen molar-refractivity contribution in [3.05, 3.63) is 59.9 Å². The van der Waals surface area contributed by atoms with Gasteiger partial charge in [-0.1, -0.05) is 0 Å². The molecule has 3 heterocycles. The molecule has 0 atom stereocenters. The van der Waals surface area contributed by atoms with Crippen LogP contribution >= 0.6 is 0 Å². The van der Waals surface area contributed by atoms with Gasteiger partial charge in [0.2, 0.25) is 5.91 Å². The Hall–Kier alpha value is -3.10. The highest BCUT2D eigenvalue weighted by atomic mass is 19.4. The first-order chi connectivity index (χ1) is 11.4. The van der Waals surface area contributed by atoms with Crippen LogP contribution in [0.4, 0.5) is 13.2 Å². The summed E-state index contributed by atoms with van der Waals surface area (Å²) in [6.45, 7) is 0.0217. The Morgan fingerprint density at radius 1 is 1.33 bits per heavy atom. The largest absolute Gasteiger partial charge is 0.465 e. The van der Waals surface area contributed by atoms with Crippen LogP contribution in [0.3, 0.4) is 0 Å². The number of carbonyl (C=O) groups is 1. The van der Waals surface area contributed by atoms with Gasteiger partial charge in [-0.25, -0.2) is 0 Å². The summed E-state index contributed by atoms with van der Waals surface area (Å²) in [5.74, 6) is 0.450. The van der Waals surface area contributed by atoms with E-state index in [0.717, 1.165) is 12.1 Å². The Morgan fingerprint density at radius 3 is 2.88 bits per heavy atom. The summed E-state index contributed by atoms with van der Waals surface area (Å²) >= 11 is 0. The van der Waals surface area contributed by atoms with Crippen LogP contribution in [0, 0.1) is 0 Å². The molecule has 0 aliphatic carbocycles. The molecule has 6 nitrogen and oxygen atoms in total. The van der Waals surface area contributed by atoms with E-state index in [4.69, 9.17) is 4.42 Å². The molecule has 0 aromatic carbocycles. The number of furan rings is 1. The topological polar surface area (TPSA) is 72.4 Å². The number of carbonyl (C=O) groups excluding carboxylic acids is 1. The van der Waals surface area contributed by atoms with Gasteiger partial charge in [0.05, 0.1) is 18.4 Å². The molecule has 124 valence electrons. The average Bonchev–Trinajstić information content (AvgIpc) is 3.19. The zero-order valence-electron chi connectivity index (χ0n) is 12.1. The van der Waals surface area contributed by atoms with Crippen LogP contribution in [-0.4, -0.2) is 20.5 Å². The molecule has 3 aromatic heterocycles. The summed E-state index contributed by atoms with van der Waals surface area (Å²) in [5.41, 5.74) is -0.750. The summed E-state index contributed by atoms with van der Waals surface area (Å²) in [6, 6.07) is 5.21. The van der Waals surface area contributed by atoms with Crippen molar-refractivity contribution in [1.82, 2.24) is 19.9 Å². The van der Waals surface area contributed by atoms with Crippen molar-refractivity contribution >= 4 is 17.6 Å². The molecule has 0 spiro atoms. The summed E-state index contributed by atoms with van der Waals surface area (Å²) in [7, 11) is 0. The van der Waals surface area contributed by atoms with Crippen molar-refractivity contribution in [3.63, 3.8) is 0 Å². The fraction of sp³-hybridized carbons (Fsp3) is 0.133. The zero-order valence-corrected chi connectivity index (χ0v) is 12.1. The summed E-state index contributed by atoms with van der Waals surface area (Å²) < 4.78 is 44.4. The predicted octanol–water partition coefficient (Wildman–Crippen LogP) is 2.67. The monoisotopic (exact) mass is 336 g/mol. The molecule has 0 aliphatic heterocycles. The highest BCUT2D eigenvalue weighted by molar-refractivity contribution is 5.91. The second-order valence-electron chi connectivity index (χ2n) is 4.82. The number of rotatable bonds is 4. The Morgan fingerprint density at radius 2 is 2.17 bits per heavy atom. The zero-order chi connectivity index (χ0) is 17.2. The third-order valence-electron chi connectivity index (χ3n) is 3.17. The lowest BCUT2D eigenvalue weighted by molar-refractivity contribution is -0.137. The molecule has 1 amide bonds. The molecule has 24 heavy (non-hydrogen) atoms. The van der Waals surface area contributed by atoms with Crippen LogP contribution in [0.5, 0.6) is 0 Å². The van der Waals surface area contributed by atoms with Crippen molar-refractivity contribution in [2.75, 3.05) is 0 Å². The van der Waals surface area contributed by atoms with E-state index in [1.807, 2.05) is 0 Å². The summed E-state index contributed by atoms with van der Waals surface area (Å²) in [5, 5.41) is 10.0. The fourth-order valence-electron chi connectivity index (χ4n) is 2.01. The van der Waals surface area contributed by atoms with E-state index in [1.54, 1.807) is 12.1 Å². The third-order valence-corrected chi connectivity index (χ3v) is 3.17. The van der Waals surface area contributed by atoms with Crippen molar-refractivity contribution < 1.29 is 22.4 Å². The third kappa shape index (κ3) is 3.45. The van der Waals surface area contributed by atoms with Crippen LogP contribution in [0.15, 0.2) is 47.2 Å². The summed E-state index contributed by atoms with van der Waals surface area (Å²) in [4.78, 5) is 11.7. The average molecular weight is 336 g/mol. The Balaban J connectivity index is 1.68. The number of hydrogen-bond acceptors (Lipinski definition) is 4. The van der Waals surface area contributed by atoms with Gasteiger partial charge in [0.15, 0.2) is 11.5 Å². The van der Waals surface area contributed by atoms with Gasteiger partial charge in [0.1, 0.15) is 5.76 Å². The van der Waals surface area contributed by atoms with Gasteiger partial charge in [0.25, 0.3) is 0 Å². The predicted molar refractivity (Wildman–Crippen MR) is 77.6 cm³/mol. The number of pyridine rings is 1. The molecule has 0 radical (unpaired) electrons. The van der Waals surface area contributed by atoms with Crippen molar-refractivity contribution in [2.45, 2.75) is 12.7 Å². The van der Waals surface area contributed by atoms with Crippen LogP contribution in [0.2, 0.25) is 0 Å². The minimum absolute atomic E-state index is 0.0217. The maximum atomic E-state index is 12.6. The van der Waals surface area contributed by atoms with Gasteiger partial charge >= 0.3 is 6.18 Å². The van der Waals surface area contributed by atoms with Crippen LogP contribution < -0.4 is 5.32 Å². The SMILES string of the molecule is O=C(/C=C/c1ccco1)NCc1nnc2cc(C(F)(F)F)ccn12. The highest BCUT2D eigenvalue weighted by Gasteiger charge is 2.31. The molecule has 9 heteroatoms. The van der Waals surface area contributed by atoms with E-state index < -0.39 is 17.6 Å². The summed E-state index contributed by atoms with van der Waals surface area (Å²) in [6.07, 6.45) is 1.03. The molecule has 0 bridgehead atoms. The van der Waals surface area contributed by atoms with Crippen LogP contribution in [0.25, 0.3) is 11.7 Å². The lowest BCUT2D eigenvalue weighted by atomic mass is 10.2. The number of alkyl halides is 3. The van der Waals surface area contributed by atoms with Gasteiger partial charge in [-0.15, -0.1) is 10.2 Å². The highest BCUT2D eigenvalue weighted by Crippen LogP contribution is 2.29. The maximum Gasteiger partial charge on any atom is 0.416 e. The number of nitrogens with one attached hydrogen (secondary N) is 1. The lowest BCUT2D eigenvalue weighted by Gasteiger charge is -2.06. The quantitative estimate of drug-likeness (QED) is 0.744. The first-order valence-corrected chi connectivity index (χ1v) is 6.84. The lowest BCUT2D eigenvalue weighted by Crippen LogP contribution is -2.21. The van der Waals surface area contributed by atoms with E-state index in [2.05, 4.69) is 15.5 Å². The van der Waals surface area contributed by atoms with Gasteiger partial charge in [-0.2, -0.15) is 13.2 Å². The minimum atomic E-state index is -4.45.